The fourth-order valence-corrected chi connectivity index (χ4v) is 2.01. The number of benzene rings is 1. The molecule has 0 saturated carbocycles. The van der Waals surface area contributed by atoms with Crippen LogP contribution < -0.4 is 10.1 Å². The molecule has 1 aromatic carbocycles. The Hall–Kier alpha value is -1.81. The molecule has 4 nitrogen and oxygen atoms in total. The minimum absolute atomic E-state index is 0.0355. The van der Waals surface area contributed by atoms with Crippen LogP contribution in [0.25, 0.3) is 6.08 Å². The van der Waals surface area contributed by atoms with E-state index in [1.54, 1.807) is 6.08 Å². The van der Waals surface area contributed by atoms with E-state index >= 15 is 0 Å². The normalized spacial score (nSPS) is 15.1. The second-order valence-corrected chi connectivity index (χ2v) is 4.60. The Morgan fingerprint density at radius 3 is 3.16 bits per heavy atom. The van der Waals surface area contributed by atoms with E-state index < -0.39 is 0 Å². The zero-order valence-corrected chi connectivity index (χ0v) is 11.1. The topological polar surface area (TPSA) is 58.6 Å². The molecule has 0 spiro atoms. The third-order valence-electron chi connectivity index (χ3n) is 3.20. The van der Waals surface area contributed by atoms with Gasteiger partial charge in [-0.1, -0.05) is 13.0 Å². The number of rotatable bonds is 5. The van der Waals surface area contributed by atoms with Crippen LogP contribution in [0.3, 0.4) is 0 Å². The van der Waals surface area contributed by atoms with Crippen molar-refractivity contribution >= 4 is 12.0 Å². The lowest BCUT2D eigenvalue weighted by atomic mass is 10.1. The van der Waals surface area contributed by atoms with Crippen LogP contribution in [0.15, 0.2) is 24.3 Å². The third kappa shape index (κ3) is 3.58. The van der Waals surface area contributed by atoms with Crippen LogP contribution in [0, 0.1) is 0 Å². The van der Waals surface area contributed by atoms with Crippen molar-refractivity contribution in [1.82, 2.24) is 5.32 Å². The SMILES string of the molecule is CC[C@@H](CO)NC(=O)/C=C/c1ccc2c(c1)CCO2. The molecule has 1 aliphatic rings. The maximum absolute atomic E-state index is 11.6. The Bertz CT molecular complexity index is 478. The Morgan fingerprint density at radius 1 is 1.58 bits per heavy atom. The predicted molar refractivity (Wildman–Crippen MR) is 74.0 cm³/mol. The maximum atomic E-state index is 11.6. The molecule has 0 unspecified atom stereocenters. The van der Waals surface area contributed by atoms with Crippen molar-refractivity contribution in [3.8, 4) is 5.75 Å². The average Bonchev–Trinajstić information content (AvgIpc) is 2.89. The second-order valence-electron chi connectivity index (χ2n) is 4.60. The summed E-state index contributed by atoms with van der Waals surface area (Å²) in [4.78, 5) is 11.6. The van der Waals surface area contributed by atoms with Gasteiger partial charge in [-0.3, -0.25) is 4.79 Å². The van der Waals surface area contributed by atoms with Crippen molar-refractivity contribution in [2.24, 2.45) is 0 Å². The maximum Gasteiger partial charge on any atom is 0.244 e. The summed E-state index contributed by atoms with van der Waals surface area (Å²) in [5.41, 5.74) is 2.17. The van der Waals surface area contributed by atoms with Crippen LogP contribution in [0.2, 0.25) is 0 Å². The zero-order valence-electron chi connectivity index (χ0n) is 11.1. The third-order valence-corrected chi connectivity index (χ3v) is 3.20. The van der Waals surface area contributed by atoms with Crippen molar-refractivity contribution < 1.29 is 14.6 Å². The molecule has 1 aromatic rings. The molecule has 2 rings (SSSR count). The van der Waals surface area contributed by atoms with E-state index in [-0.39, 0.29) is 18.6 Å². The molecule has 1 amide bonds. The Balaban J connectivity index is 1.96. The number of hydrogen-bond acceptors (Lipinski definition) is 3. The molecule has 2 N–H and O–H groups in total. The lowest BCUT2D eigenvalue weighted by molar-refractivity contribution is -0.117. The Labute approximate surface area is 113 Å². The van der Waals surface area contributed by atoms with Crippen molar-refractivity contribution in [2.45, 2.75) is 25.8 Å². The summed E-state index contributed by atoms with van der Waals surface area (Å²) in [6, 6.07) is 5.72. The van der Waals surface area contributed by atoms with E-state index in [0.29, 0.717) is 6.42 Å². The molecule has 4 heteroatoms. The van der Waals surface area contributed by atoms with Gasteiger partial charge in [0.1, 0.15) is 5.75 Å². The number of fused-ring (bicyclic) bond motifs is 1. The number of aliphatic hydroxyl groups is 1. The van der Waals surface area contributed by atoms with Crippen LogP contribution in [0.4, 0.5) is 0 Å². The molecule has 0 aliphatic carbocycles. The molecule has 0 aromatic heterocycles. The quantitative estimate of drug-likeness (QED) is 0.790. The minimum Gasteiger partial charge on any atom is -0.493 e. The molecule has 0 bridgehead atoms. The molecule has 1 atom stereocenters. The highest BCUT2D eigenvalue weighted by molar-refractivity contribution is 5.91. The molecule has 0 saturated heterocycles. The first-order valence-electron chi connectivity index (χ1n) is 6.58. The van der Waals surface area contributed by atoms with Crippen LogP contribution in [-0.2, 0) is 11.2 Å². The van der Waals surface area contributed by atoms with Gasteiger partial charge in [-0.15, -0.1) is 0 Å². The summed E-state index contributed by atoms with van der Waals surface area (Å²) in [5.74, 6) is 0.755. The number of amides is 1. The number of carbonyl (C=O) groups excluding carboxylic acids is 1. The number of carbonyl (C=O) groups is 1. The molecule has 102 valence electrons. The highest BCUT2D eigenvalue weighted by Gasteiger charge is 2.11. The number of ether oxygens (including phenoxy) is 1. The Kier molecular flexibility index (Phi) is 4.58. The van der Waals surface area contributed by atoms with Gasteiger partial charge in [-0.2, -0.15) is 0 Å². The first-order valence-corrected chi connectivity index (χ1v) is 6.58. The van der Waals surface area contributed by atoms with Gasteiger partial charge in [0.2, 0.25) is 5.91 Å². The highest BCUT2D eigenvalue weighted by atomic mass is 16.5. The van der Waals surface area contributed by atoms with Gasteiger partial charge in [-0.05, 0) is 35.8 Å². The van der Waals surface area contributed by atoms with Gasteiger partial charge in [0.25, 0.3) is 0 Å². The summed E-state index contributed by atoms with van der Waals surface area (Å²) in [6.45, 7) is 2.62. The molecule has 1 aliphatic heterocycles. The van der Waals surface area contributed by atoms with Gasteiger partial charge >= 0.3 is 0 Å². The summed E-state index contributed by atoms with van der Waals surface area (Å²) < 4.78 is 5.43. The number of aliphatic hydroxyl groups excluding tert-OH is 1. The Morgan fingerprint density at radius 2 is 2.42 bits per heavy atom. The molecule has 1 heterocycles. The van der Waals surface area contributed by atoms with Crippen LogP contribution >= 0.6 is 0 Å². The molecule has 0 radical (unpaired) electrons. The monoisotopic (exact) mass is 261 g/mol. The lowest BCUT2D eigenvalue weighted by Crippen LogP contribution is -2.35. The van der Waals surface area contributed by atoms with E-state index in [1.807, 2.05) is 25.1 Å². The molecule has 0 fully saturated rings. The van der Waals surface area contributed by atoms with E-state index in [1.165, 1.54) is 11.6 Å². The standard InChI is InChI=1S/C15H19NO3/c1-2-13(10-17)16-15(18)6-4-11-3-5-14-12(9-11)7-8-19-14/h3-6,9,13,17H,2,7-8,10H2,1H3,(H,16,18)/b6-4+/t13-/m0/s1. The van der Waals surface area contributed by atoms with E-state index in [2.05, 4.69) is 5.32 Å². The van der Waals surface area contributed by atoms with Crippen molar-refractivity contribution in [3.05, 3.63) is 35.4 Å². The molecule has 19 heavy (non-hydrogen) atoms. The largest absolute Gasteiger partial charge is 0.493 e. The van der Waals surface area contributed by atoms with Crippen LogP contribution in [0.1, 0.15) is 24.5 Å². The second kappa shape index (κ2) is 6.38. The predicted octanol–water partition coefficient (Wildman–Crippen LogP) is 1.52. The van der Waals surface area contributed by atoms with Gasteiger partial charge in [0.15, 0.2) is 0 Å². The van der Waals surface area contributed by atoms with Crippen molar-refractivity contribution in [2.75, 3.05) is 13.2 Å². The first-order chi connectivity index (χ1) is 9.22. The van der Waals surface area contributed by atoms with Crippen molar-refractivity contribution in [3.63, 3.8) is 0 Å². The smallest absolute Gasteiger partial charge is 0.244 e. The van der Waals surface area contributed by atoms with E-state index in [0.717, 1.165) is 24.3 Å². The van der Waals surface area contributed by atoms with E-state index in [4.69, 9.17) is 9.84 Å². The van der Waals surface area contributed by atoms with Crippen LogP contribution in [0.5, 0.6) is 5.75 Å². The van der Waals surface area contributed by atoms with E-state index in [9.17, 15) is 4.79 Å². The number of nitrogens with one attached hydrogen (secondary N) is 1. The van der Waals surface area contributed by atoms with Gasteiger partial charge < -0.3 is 15.2 Å². The summed E-state index contributed by atoms with van der Waals surface area (Å²) in [6.07, 6.45) is 4.91. The fourth-order valence-electron chi connectivity index (χ4n) is 2.01. The van der Waals surface area contributed by atoms with Crippen molar-refractivity contribution in [1.29, 1.82) is 0 Å². The minimum atomic E-state index is -0.183. The van der Waals surface area contributed by atoms with Crippen LogP contribution in [-0.4, -0.2) is 30.3 Å². The molecular weight excluding hydrogens is 242 g/mol. The average molecular weight is 261 g/mol. The molecular formula is C15H19NO3. The fraction of sp³-hybridized carbons (Fsp3) is 0.400. The highest BCUT2D eigenvalue weighted by Crippen LogP contribution is 2.26. The first kappa shape index (κ1) is 13.6. The van der Waals surface area contributed by atoms with Gasteiger partial charge in [-0.25, -0.2) is 0 Å². The van der Waals surface area contributed by atoms with Gasteiger partial charge in [0.05, 0.1) is 19.3 Å². The summed E-state index contributed by atoms with van der Waals surface area (Å²) >= 11 is 0. The number of hydrogen-bond donors (Lipinski definition) is 2. The summed E-state index contributed by atoms with van der Waals surface area (Å²) in [7, 11) is 0. The summed E-state index contributed by atoms with van der Waals surface area (Å²) in [5, 5.41) is 11.8. The van der Waals surface area contributed by atoms with Gasteiger partial charge in [0, 0.05) is 12.5 Å². The zero-order chi connectivity index (χ0) is 13.7. The lowest BCUT2D eigenvalue weighted by Gasteiger charge is -2.11.